The normalized spacial score (nSPS) is 22.1. The number of amides is 1. The number of anilines is 1. The van der Waals surface area contributed by atoms with E-state index in [9.17, 15) is 28.2 Å². The van der Waals surface area contributed by atoms with E-state index < -0.39 is 37.1 Å². The summed E-state index contributed by atoms with van der Waals surface area (Å²) in [5, 5.41) is 21.2. The van der Waals surface area contributed by atoms with Crippen LogP contribution in [-0.2, 0) is 9.53 Å². The Morgan fingerprint density at radius 1 is 1.46 bits per heavy atom. The van der Waals surface area contributed by atoms with Crippen LogP contribution in [-0.4, -0.2) is 62.2 Å². The molecule has 0 aromatic carbocycles. The van der Waals surface area contributed by atoms with E-state index in [2.05, 4.69) is 21.8 Å². The number of nitrogens with one attached hydrogen (secondary N) is 1. The van der Waals surface area contributed by atoms with Crippen LogP contribution in [0.15, 0.2) is 12.5 Å². The summed E-state index contributed by atoms with van der Waals surface area (Å²) >= 11 is 0. The number of nitrogens with zero attached hydrogens (tertiary/aromatic N) is 3. The second-order valence-electron chi connectivity index (χ2n) is 6.00. The Balaban J connectivity index is 1.88. The van der Waals surface area contributed by atoms with Gasteiger partial charge in [0.2, 0.25) is 0 Å². The summed E-state index contributed by atoms with van der Waals surface area (Å²) in [7, 11) is 0. The Bertz CT molecular complexity index is 949. The fraction of sp³-hybridized carbons (Fsp3) is 0.438. The summed E-state index contributed by atoms with van der Waals surface area (Å²) in [6.45, 7) is -0.886. The van der Waals surface area contributed by atoms with Crippen LogP contribution >= 0.6 is 0 Å². The molecule has 3 rings (SSSR count). The number of aliphatic hydroxyl groups excluding tert-OH is 2. The minimum Gasteiger partial charge on any atom is -0.394 e. The lowest BCUT2D eigenvalue weighted by Gasteiger charge is -2.14. The molecule has 12 heteroatoms. The third-order valence-electron chi connectivity index (χ3n) is 4.15. The number of aromatic nitrogens is 3. The van der Waals surface area contributed by atoms with Gasteiger partial charge in [-0.2, -0.15) is 13.2 Å². The first-order valence-electron chi connectivity index (χ1n) is 8.11. The zero-order chi connectivity index (χ0) is 20.5. The van der Waals surface area contributed by atoms with Gasteiger partial charge in [-0.3, -0.25) is 4.79 Å². The minimum absolute atomic E-state index is 0.102. The van der Waals surface area contributed by atoms with Crippen molar-refractivity contribution in [3.63, 3.8) is 0 Å². The summed E-state index contributed by atoms with van der Waals surface area (Å²) in [5.41, 5.74) is 6.55. The number of carbonyl (C=O) groups is 1. The second kappa shape index (κ2) is 7.63. The molecule has 0 spiro atoms. The number of nitrogen functional groups attached to an aromatic ring is 1. The molecule has 1 fully saturated rings. The van der Waals surface area contributed by atoms with Crippen molar-refractivity contribution < 1.29 is 32.9 Å². The van der Waals surface area contributed by atoms with Crippen LogP contribution in [0.5, 0.6) is 0 Å². The number of rotatable bonds is 3. The minimum atomic E-state index is -4.99. The lowest BCUT2D eigenvalue weighted by atomic mass is 10.2. The monoisotopic (exact) mass is 399 g/mol. The molecule has 1 amide bonds. The molecule has 1 saturated heterocycles. The van der Waals surface area contributed by atoms with Crippen molar-refractivity contribution in [1.82, 2.24) is 19.9 Å². The number of hydrogen-bond acceptors (Lipinski definition) is 7. The molecule has 5 N–H and O–H groups in total. The number of ether oxygens (including phenoxy) is 1. The van der Waals surface area contributed by atoms with Crippen LogP contribution in [0.2, 0.25) is 0 Å². The molecule has 150 valence electrons. The van der Waals surface area contributed by atoms with Crippen LogP contribution in [0.1, 0.15) is 18.2 Å². The Hall–Kier alpha value is -2.88. The molecular weight excluding hydrogens is 383 g/mol. The van der Waals surface area contributed by atoms with E-state index in [1.54, 1.807) is 9.88 Å². The van der Waals surface area contributed by atoms with Gasteiger partial charge in [0.1, 0.15) is 30.1 Å². The van der Waals surface area contributed by atoms with E-state index in [1.165, 1.54) is 12.5 Å². The first-order valence-corrected chi connectivity index (χ1v) is 8.11. The van der Waals surface area contributed by atoms with E-state index in [0.29, 0.717) is 16.6 Å². The Morgan fingerprint density at radius 2 is 2.21 bits per heavy atom. The summed E-state index contributed by atoms with van der Waals surface area (Å²) in [6, 6.07) is 0. The summed E-state index contributed by atoms with van der Waals surface area (Å²) in [5.74, 6) is 3.07. The SMILES string of the molecule is Nc1ncnc2c1c(C#CCNC(=O)C(F)(F)F)cn2[C@H]1C[C@@H](O)C(CO)O1. The molecule has 0 aliphatic carbocycles. The van der Waals surface area contributed by atoms with Crippen molar-refractivity contribution in [3.05, 3.63) is 18.1 Å². The van der Waals surface area contributed by atoms with Gasteiger partial charge in [0, 0.05) is 12.6 Å². The van der Waals surface area contributed by atoms with Crippen molar-refractivity contribution in [3.8, 4) is 11.8 Å². The van der Waals surface area contributed by atoms with E-state index in [0.717, 1.165) is 0 Å². The lowest BCUT2D eigenvalue weighted by molar-refractivity contribution is -0.173. The maximum Gasteiger partial charge on any atom is 0.471 e. The van der Waals surface area contributed by atoms with Gasteiger partial charge in [-0.05, 0) is 0 Å². The molecule has 28 heavy (non-hydrogen) atoms. The van der Waals surface area contributed by atoms with Crippen molar-refractivity contribution >= 4 is 22.8 Å². The van der Waals surface area contributed by atoms with E-state index >= 15 is 0 Å². The third-order valence-corrected chi connectivity index (χ3v) is 4.15. The molecule has 1 aliphatic heterocycles. The summed E-state index contributed by atoms with van der Waals surface area (Å²) in [4.78, 5) is 18.8. The van der Waals surface area contributed by atoms with Crippen LogP contribution in [0.25, 0.3) is 11.0 Å². The molecule has 0 radical (unpaired) electrons. The van der Waals surface area contributed by atoms with Gasteiger partial charge in [-0.15, -0.1) is 0 Å². The first kappa shape index (κ1) is 19.9. The maximum atomic E-state index is 12.2. The Morgan fingerprint density at radius 3 is 2.86 bits per heavy atom. The maximum absolute atomic E-state index is 12.2. The van der Waals surface area contributed by atoms with Gasteiger partial charge in [0.25, 0.3) is 0 Å². The van der Waals surface area contributed by atoms with Gasteiger partial charge in [0.05, 0.1) is 30.2 Å². The predicted molar refractivity (Wildman–Crippen MR) is 89.5 cm³/mol. The number of fused-ring (bicyclic) bond motifs is 1. The van der Waals surface area contributed by atoms with Gasteiger partial charge >= 0.3 is 12.1 Å². The van der Waals surface area contributed by atoms with Gasteiger partial charge < -0.3 is 30.6 Å². The zero-order valence-corrected chi connectivity index (χ0v) is 14.3. The Kier molecular flexibility index (Phi) is 5.41. The predicted octanol–water partition coefficient (Wildman–Crippen LogP) is -0.316. The number of aliphatic hydroxyl groups is 2. The molecule has 0 saturated carbocycles. The highest BCUT2D eigenvalue weighted by Crippen LogP contribution is 2.33. The topological polar surface area (TPSA) is 136 Å². The molecule has 3 atom stereocenters. The second-order valence-corrected chi connectivity index (χ2v) is 6.00. The quantitative estimate of drug-likeness (QED) is 0.520. The van der Waals surface area contributed by atoms with Crippen molar-refractivity contribution in [2.45, 2.75) is 31.0 Å². The van der Waals surface area contributed by atoms with Gasteiger partial charge in [-0.1, -0.05) is 11.8 Å². The Labute approximate surface area is 156 Å². The number of alkyl halides is 3. The van der Waals surface area contributed by atoms with Crippen molar-refractivity contribution in [1.29, 1.82) is 0 Å². The smallest absolute Gasteiger partial charge is 0.394 e. The molecule has 9 nitrogen and oxygen atoms in total. The summed E-state index contributed by atoms with van der Waals surface area (Å²) < 4.78 is 43.7. The first-order chi connectivity index (χ1) is 13.2. The number of nitrogens with two attached hydrogens (primary N) is 1. The average Bonchev–Trinajstić information content (AvgIpc) is 3.18. The standard InChI is InChI=1S/C16H16F3N5O4/c17-16(18,19)15(27)21-3-1-2-8-5-24(11-4-9(26)10(6-25)28-11)14-12(8)13(20)22-7-23-14/h5,7,9-11,25-26H,3-4,6H2,(H,21,27)(H2,20,22,23)/t9-,10?,11-/m1/s1. The molecule has 1 aliphatic rings. The molecule has 3 heterocycles. The fourth-order valence-corrected chi connectivity index (χ4v) is 2.84. The van der Waals surface area contributed by atoms with E-state index in [4.69, 9.17) is 10.5 Å². The van der Waals surface area contributed by atoms with Gasteiger partial charge in [0.15, 0.2) is 0 Å². The highest BCUT2D eigenvalue weighted by atomic mass is 19.4. The van der Waals surface area contributed by atoms with Crippen LogP contribution in [0, 0.1) is 11.8 Å². The third kappa shape index (κ3) is 3.86. The van der Waals surface area contributed by atoms with Gasteiger partial charge in [-0.25, -0.2) is 9.97 Å². The van der Waals surface area contributed by atoms with Crippen molar-refractivity contribution in [2.24, 2.45) is 0 Å². The highest BCUT2D eigenvalue weighted by molar-refractivity contribution is 5.92. The number of halogens is 3. The van der Waals surface area contributed by atoms with E-state index in [-0.39, 0.29) is 18.8 Å². The van der Waals surface area contributed by atoms with Crippen LogP contribution in [0.4, 0.5) is 19.0 Å². The largest absolute Gasteiger partial charge is 0.471 e. The average molecular weight is 399 g/mol. The molecule has 2 aromatic heterocycles. The molecule has 2 aromatic rings. The number of carbonyl (C=O) groups excluding carboxylic acids is 1. The molecular formula is C16H16F3N5O4. The number of hydrogen-bond donors (Lipinski definition) is 4. The summed E-state index contributed by atoms with van der Waals surface area (Å²) in [6.07, 6.45) is -4.33. The zero-order valence-electron chi connectivity index (χ0n) is 14.3. The molecule has 1 unspecified atom stereocenters. The van der Waals surface area contributed by atoms with Crippen molar-refractivity contribution in [2.75, 3.05) is 18.9 Å². The van der Waals surface area contributed by atoms with Crippen LogP contribution < -0.4 is 11.1 Å². The lowest BCUT2D eigenvalue weighted by Crippen LogP contribution is -2.36. The molecule has 0 bridgehead atoms. The highest BCUT2D eigenvalue weighted by Gasteiger charge is 2.38. The fourth-order valence-electron chi connectivity index (χ4n) is 2.84. The van der Waals surface area contributed by atoms with Crippen LogP contribution in [0.3, 0.4) is 0 Å². The van der Waals surface area contributed by atoms with E-state index in [1.807, 2.05) is 0 Å².